The summed E-state index contributed by atoms with van der Waals surface area (Å²) >= 11 is 0. The first-order chi connectivity index (χ1) is 24.1. The van der Waals surface area contributed by atoms with Gasteiger partial charge in [0, 0.05) is 13.1 Å². The molecule has 0 unspecified atom stereocenters. The van der Waals surface area contributed by atoms with Gasteiger partial charge in [-0.1, -0.05) is 26.0 Å². The first kappa shape index (κ1) is 41.0. The Bertz CT molecular complexity index is 1540. The first-order valence-corrected chi connectivity index (χ1v) is 20.5. The lowest BCUT2D eigenvalue weighted by molar-refractivity contribution is -0.0907. The Morgan fingerprint density at radius 1 is 0.961 bits per heavy atom. The van der Waals surface area contributed by atoms with Crippen LogP contribution >= 0.6 is 7.60 Å². The summed E-state index contributed by atoms with van der Waals surface area (Å²) < 4.78 is 81.0. The van der Waals surface area contributed by atoms with Crippen molar-refractivity contribution in [3.63, 3.8) is 0 Å². The molecule has 51 heavy (non-hydrogen) atoms. The molecule has 286 valence electrons. The van der Waals surface area contributed by atoms with Crippen LogP contribution in [0.2, 0.25) is 0 Å². The van der Waals surface area contributed by atoms with Crippen molar-refractivity contribution in [2.45, 2.75) is 96.0 Å². The quantitative estimate of drug-likeness (QED) is 0.181. The van der Waals surface area contributed by atoms with Crippen LogP contribution in [0.3, 0.4) is 0 Å². The normalized spacial score (nSPS) is 20.5. The van der Waals surface area contributed by atoms with Gasteiger partial charge in [0.1, 0.15) is 17.6 Å². The molecule has 2 aromatic rings. The molecule has 0 aliphatic carbocycles. The van der Waals surface area contributed by atoms with E-state index in [0.29, 0.717) is 30.1 Å². The Hall–Kier alpha value is -2.75. The van der Waals surface area contributed by atoms with Crippen molar-refractivity contribution in [2.75, 3.05) is 39.8 Å². The van der Waals surface area contributed by atoms with Crippen LogP contribution in [0.5, 0.6) is 11.5 Å². The molecule has 14 nitrogen and oxygen atoms in total. The summed E-state index contributed by atoms with van der Waals surface area (Å²) in [5.74, 6) is 0.764. The zero-order chi connectivity index (χ0) is 37.3. The lowest BCUT2D eigenvalue weighted by Crippen LogP contribution is -2.51. The van der Waals surface area contributed by atoms with Crippen LogP contribution in [0.15, 0.2) is 53.4 Å². The van der Waals surface area contributed by atoms with Gasteiger partial charge in [0.15, 0.2) is 12.6 Å². The maximum atomic E-state index is 13.8. The molecule has 16 heteroatoms. The smallest absolute Gasteiger partial charge is 0.407 e. The number of aliphatic hydroxyl groups is 1. The number of sulfonamides is 1. The average Bonchev–Trinajstić information content (AvgIpc) is 3.68. The van der Waals surface area contributed by atoms with Crippen molar-refractivity contribution in [2.24, 2.45) is 11.8 Å². The fraction of sp³-hybridized carbons (Fsp3) is 0.629. The van der Waals surface area contributed by atoms with Gasteiger partial charge in [-0.2, -0.15) is 4.31 Å². The molecule has 2 fully saturated rings. The van der Waals surface area contributed by atoms with Gasteiger partial charge in [0.2, 0.25) is 10.0 Å². The van der Waals surface area contributed by atoms with E-state index in [1.807, 2.05) is 13.8 Å². The minimum Gasteiger partial charge on any atom is -0.497 e. The fourth-order valence-electron chi connectivity index (χ4n) is 5.92. The molecule has 2 aliphatic rings. The van der Waals surface area contributed by atoms with Crippen LogP contribution in [0, 0.1) is 11.8 Å². The lowest BCUT2D eigenvalue weighted by atomic mass is 10.0. The van der Waals surface area contributed by atoms with Crippen LogP contribution in [0.4, 0.5) is 4.79 Å². The highest BCUT2D eigenvalue weighted by Crippen LogP contribution is 2.50. The molecule has 5 atom stereocenters. The maximum Gasteiger partial charge on any atom is 0.407 e. The summed E-state index contributed by atoms with van der Waals surface area (Å²) in [5, 5.41) is 14.4. The predicted molar refractivity (Wildman–Crippen MR) is 189 cm³/mol. The molecule has 4 rings (SSSR count). The molecule has 0 radical (unpaired) electrons. The summed E-state index contributed by atoms with van der Waals surface area (Å²) in [4.78, 5) is 13.3. The second kappa shape index (κ2) is 18.3. The van der Waals surface area contributed by atoms with Crippen molar-refractivity contribution < 1.29 is 55.6 Å². The van der Waals surface area contributed by atoms with E-state index in [1.54, 1.807) is 64.1 Å². The number of fused-ring (bicyclic) bond motifs is 1. The van der Waals surface area contributed by atoms with Crippen LogP contribution < -0.4 is 14.8 Å². The first-order valence-electron chi connectivity index (χ1n) is 17.3. The highest BCUT2D eigenvalue weighted by atomic mass is 32.2. The Morgan fingerprint density at radius 3 is 2.18 bits per heavy atom. The van der Waals surface area contributed by atoms with E-state index in [-0.39, 0.29) is 61.4 Å². The van der Waals surface area contributed by atoms with E-state index in [4.69, 9.17) is 32.7 Å². The maximum absolute atomic E-state index is 13.8. The van der Waals surface area contributed by atoms with E-state index >= 15 is 0 Å². The van der Waals surface area contributed by atoms with Gasteiger partial charge in [0.05, 0.1) is 55.5 Å². The molecule has 0 bridgehead atoms. The molecular weight excluding hydrogens is 703 g/mol. The van der Waals surface area contributed by atoms with Crippen molar-refractivity contribution in [3.05, 3.63) is 54.1 Å². The van der Waals surface area contributed by atoms with Gasteiger partial charge >= 0.3 is 13.7 Å². The molecule has 0 saturated carbocycles. The Kier molecular flexibility index (Phi) is 14.7. The van der Waals surface area contributed by atoms with Gasteiger partial charge in [-0.25, -0.2) is 13.2 Å². The lowest BCUT2D eigenvalue weighted by Gasteiger charge is -2.31. The third-order valence-corrected chi connectivity index (χ3v) is 12.0. The van der Waals surface area contributed by atoms with E-state index in [0.717, 1.165) is 0 Å². The summed E-state index contributed by atoms with van der Waals surface area (Å²) in [7, 11) is -6.08. The zero-order valence-electron chi connectivity index (χ0n) is 30.4. The number of ether oxygens (including phenoxy) is 5. The number of aliphatic hydroxyl groups excluding tert-OH is 1. The molecule has 2 saturated heterocycles. The van der Waals surface area contributed by atoms with Gasteiger partial charge in [-0.3, -0.25) is 4.57 Å². The number of amides is 1. The van der Waals surface area contributed by atoms with Gasteiger partial charge in [-0.05, 0) is 88.4 Å². The largest absolute Gasteiger partial charge is 0.497 e. The van der Waals surface area contributed by atoms with E-state index in [1.165, 1.54) is 23.5 Å². The number of alkyl carbamates (subject to hydrolysis) is 1. The average molecular weight is 757 g/mol. The zero-order valence-corrected chi connectivity index (χ0v) is 32.1. The Morgan fingerprint density at radius 2 is 1.59 bits per heavy atom. The molecule has 2 N–H and O–H groups in total. The molecule has 2 heterocycles. The number of hydrogen-bond donors (Lipinski definition) is 2. The second-order valence-corrected chi connectivity index (χ2v) is 17.6. The third-order valence-electron chi connectivity index (χ3n) is 8.18. The predicted octanol–water partition coefficient (Wildman–Crippen LogP) is 5.18. The summed E-state index contributed by atoms with van der Waals surface area (Å²) in [6, 6.07) is 11.9. The highest BCUT2D eigenvalue weighted by molar-refractivity contribution is 7.89. The van der Waals surface area contributed by atoms with Gasteiger partial charge in [-0.15, -0.1) is 0 Å². The van der Waals surface area contributed by atoms with Crippen LogP contribution in [-0.2, 0) is 44.3 Å². The molecule has 1 amide bonds. The summed E-state index contributed by atoms with van der Waals surface area (Å²) in [6.07, 6.45) is -3.18. The van der Waals surface area contributed by atoms with Crippen LogP contribution in [0.1, 0.15) is 53.5 Å². The summed E-state index contributed by atoms with van der Waals surface area (Å²) in [6.45, 7) is 11.3. The number of benzene rings is 2. The van der Waals surface area contributed by atoms with E-state index < -0.39 is 48.3 Å². The minimum absolute atomic E-state index is 0.0485. The molecule has 0 spiro atoms. The van der Waals surface area contributed by atoms with Crippen molar-refractivity contribution in [3.8, 4) is 11.5 Å². The number of hydrogen-bond acceptors (Lipinski definition) is 12. The van der Waals surface area contributed by atoms with Gasteiger partial charge < -0.3 is 43.2 Å². The topological polar surface area (TPSA) is 168 Å². The number of methoxy groups -OCH3 is 1. The van der Waals surface area contributed by atoms with Gasteiger partial charge in [0.25, 0.3) is 0 Å². The standard InChI is InChI=1S/C35H53N2O12PS/c1-23(2)19-37(51(41,42)29-14-12-27(43-7)13-15-29)20-32(38)31(36-35(39)47-33-21-45-34-30(33)16-17-44-34)18-26-8-10-28(11-9-26)46-22-50(40,48-24(3)4)49-25(5)6/h8-15,23-25,30-34,38H,16-22H2,1-7H3,(H,36,39)/t30-,31-,32+,33-,34+/m0/s1. The minimum atomic E-state index is -4.04. The molecular formula is C35H53N2O12PS. The Balaban J connectivity index is 1.52. The highest BCUT2D eigenvalue weighted by Gasteiger charge is 2.44. The fourth-order valence-corrected chi connectivity index (χ4v) is 9.31. The SMILES string of the molecule is COc1ccc(S(=O)(=O)N(CC(C)C)C[C@@H](O)[C@H](Cc2ccc(OCP(=O)(OC(C)C)OC(C)C)cc2)NC(=O)O[C@H]2CO[C@H]3OCC[C@H]32)cc1. The second-order valence-electron chi connectivity index (χ2n) is 13.7. The van der Waals surface area contributed by atoms with Crippen LogP contribution in [-0.4, -0.2) is 100 Å². The third kappa shape index (κ3) is 11.9. The van der Waals surface area contributed by atoms with Crippen LogP contribution in [0.25, 0.3) is 0 Å². The van der Waals surface area contributed by atoms with E-state index in [9.17, 15) is 22.9 Å². The Labute approximate surface area is 301 Å². The number of carbonyl (C=O) groups excluding carboxylic acids is 1. The number of nitrogens with zero attached hydrogens (tertiary/aromatic N) is 1. The molecule has 2 aliphatic heterocycles. The van der Waals surface area contributed by atoms with Crippen molar-refractivity contribution in [1.82, 2.24) is 9.62 Å². The summed E-state index contributed by atoms with van der Waals surface area (Å²) in [5.41, 5.74) is 0.702. The number of rotatable bonds is 19. The molecule has 2 aromatic carbocycles. The van der Waals surface area contributed by atoms with Crippen molar-refractivity contribution in [1.29, 1.82) is 0 Å². The molecule has 0 aromatic heterocycles. The monoisotopic (exact) mass is 756 g/mol. The van der Waals surface area contributed by atoms with E-state index in [2.05, 4.69) is 5.32 Å². The van der Waals surface area contributed by atoms with Crippen molar-refractivity contribution >= 4 is 23.7 Å². The number of nitrogens with one attached hydrogen (secondary N) is 1. The number of carbonyl (C=O) groups is 1.